The van der Waals surface area contributed by atoms with Crippen molar-refractivity contribution in [1.82, 2.24) is 0 Å². The first-order valence-corrected chi connectivity index (χ1v) is 5.04. The summed E-state index contributed by atoms with van der Waals surface area (Å²) in [5, 5.41) is 11.7. The van der Waals surface area contributed by atoms with Crippen molar-refractivity contribution in [3.63, 3.8) is 0 Å². The van der Waals surface area contributed by atoms with Crippen molar-refractivity contribution in [3.05, 3.63) is 47.5 Å². The van der Waals surface area contributed by atoms with Gasteiger partial charge in [0.1, 0.15) is 5.75 Å². The number of hydrogen-bond donors (Lipinski definition) is 1. The van der Waals surface area contributed by atoms with E-state index in [1.165, 1.54) is 5.57 Å². The van der Waals surface area contributed by atoms with Crippen molar-refractivity contribution in [2.45, 2.75) is 13.8 Å². The predicted octanol–water partition coefficient (Wildman–Crippen LogP) is 3.97. The normalized spacial score (nSPS) is 10.3. The third-order valence-corrected chi connectivity index (χ3v) is 2.38. The first kappa shape index (κ1) is 9.78. The van der Waals surface area contributed by atoms with E-state index in [4.69, 9.17) is 0 Å². The van der Waals surface area contributed by atoms with E-state index in [1.54, 1.807) is 6.07 Å². The highest BCUT2D eigenvalue weighted by Gasteiger charge is 2.01. The number of phenolic OH excluding ortho intramolecular Hbond substituents is 1. The van der Waals surface area contributed by atoms with Crippen LogP contribution in [0.15, 0.2) is 42.0 Å². The summed E-state index contributed by atoms with van der Waals surface area (Å²) in [5.41, 5.74) is 2.41. The Bertz CT molecular complexity index is 520. The Morgan fingerprint density at radius 1 is 1.00 bits per heavy atom. The first-order chi connectivity index (χ1) is 7.18. The molecule has 0 bridgehead atoms. The topological polar surface area (TPSA) is 20.2 Å². The van der Waals surface area contributed by atoms with Crippen LogP contribution in [-0.2, 0) is 0 Å². The van der Waals surface area contributed by atoms with Crippen molar-refractivity contribution in [2.75, 3.05) is 0 Å². The van der Waals surface area contributed by atoms with E-state index < -0.39 is 0 Å². The van der Waals surface area contributed by atoms with Crippen LogP contribution in [0, 0.1) is 0 Å². The van der Waals surface area contributed by atoms with Gasteiger partial charge in [0.2, 0.25) is 0 Å². The smallest absolute Gasteiger partial charge is 0.123 e. The molecule has 1 N–H and O–H groups in total. The molecule has 15 heavy (non-hydrogen) atoms. The van der Waals surface area contributed by atoms with Gasteiger partial charge in [0.15, 0.2) is 0 Å². The van der Waals surface area contributed by atoms with Gasteiger partial charge in [-0.2, -0.15) is 0 Å². The molecule has 0 aliphatic carbocycles. The second-order valence-corrected chi connectivity index (χ2v) is 3.94. The second kappa shape index (κ2) is 3.77. The third kappa shape index (κ3) is 1.86. The molecule has 1 nitrogen and oxygen atoms in total. The van der Waals surface area contributed by atoms with Crippen LogP contribution in [0.3, 0.4) is 0 Å². The van der Waals surface area contributed by atoms with Gasteiger partial charge in [0, 0.05) is 5.39 Å². The Labute approximate surface area is 89.7 Å². The first-order valence-electron chi connectivity index (χ1n) is 5.04. The summed E-state index contributed by atoms with van der Waals surface area (Å²) in [6.45, 7) is 4.14. The summed E-state index contributed by atoms with van der Waals surface area (Å²) < 4.78 is 0. The summed E-state index contributed by atoms with van der Waals surface area (Å²) in [5.74, 6) is 0.344. The molecule has 0 aromatic heterocycles. The summed E-state index contributed by atoms with van der Waals surface area (Å²) in [7, 11) is 0. The van der Waals surface area contributed by atoms with Gasteiger partial charge in [-0.15, -0.1) is 0 Å². The molecule has 0 unspecified atom stereocenters. The molecule has 0 aliphatic heterocycles. The van der Waals surface area contributed by atoms with Crippen LogP contribution in [0.1, 0.15) is 19.4 Å². The minimum atomic E-state index is 0.344. The molecular formula is C14H14O. The molecule has 0 amide bonds. The minimum Gasteiger partial charge on any atom is -0.507 e. The Morgan fingerprint density at radius 3 is 2.33 bits per heavy atom. The molecule has 0 aliphatic rings. The number of allylic oxidation sites excluding steroid dienone is 1. The molecule has 1 heteroatoms. The molecule has 0 fully saturated rings. The fourth-order valence-corrected chi connectivity index (χ4v) is 1.74. The summed E-state index contributed by atoms with van der Waals surface area (Å²) in [6.07, 6.45) is 2.13. The second-order valence-electron chi connectivity index (χ2n) is 3.94. The SMILES string of the molecule is CC(C)=Cc1ccc(O)c2ccccc12. The lowest BCUT2D eigenvalue weighted by atomic mass is 10.0. The molecule has 0 spiro atoms. The lowest BCUT2D eigenvalue weighted by Gasteiger charge is -2.04. The van der Waals surface area contributed by atoms with Gasteiger partial charge in [0.25, 0.3) is 0 Å². The molecule has 0 saturated carbocycles. The zero-order valence-corrected chi connectivity index (χ0v) is 8.99. The van der Waals surface area contributed by atoms with Crippen LogP contribution in [0.25, 0.3) is 16.8 Å². The molecule has 2 rings (SSSR count). The van der Waals surface area contributed by atoms with Gasteiger partial charge in [-0.25, -0.2) is 0 Å². The molecular weight excluding hydrogens is 184 g/mol. The van der Waals surface area contributed by atoms with E-state index in [0.29, 0.717) is 5.75 Å². The molecule has 2 aromatic rings. The fourth-order valence-electron chi connectivity index (χ4n) is 1.74. The highest BCUT2D eigenvalue weighted by molar-refractivity contribution is 5.94. The largest absolute Gasteiger partial charge is 0.507 e. The van der Waals surface area contributed by atoms with Gasteiger partial charge in [-0.05, 0) is 30.9 Å². The molecule has 0 radical (unpaired) electrons. The van der Waals surface area contributed by atoms with Crippen molar-refractivity contribution in [3.8, 4) is 5.75 Å². The molecule has 0 heterocycles. The van der Waals surface area contributed by atoms with Crippen LogP contribution < -0.4 is 0 Å². The number of aromatic hydroxyl groups is 1. The van der Waals surface area contributed by atoms with E-state index >= 15 is 0 Å². The van der Waals surface area contributed by atoms with E-state index in [1.807, 2.05) is 30.3 Å². The number of benzene rings is 2. The van der Waals surface area contributed by atoms with Gasteiger partial charge >= 0.3 is 0 Å². The van der Waals surface area contributed by atoms with E-state index in [2.05, 4.69) is 19.9 Å². The number of hydrogen-bond acceptors (Lipinski definition) is 1. The monoisotopic (exact) mass is 198 g/mol. The average molecular weight is 198 g/mol. The zero-order chi connectivity index (χ0) is 10.8. The average Bonchev–Trinajstić information content (AvgIpc) is 2.22. The Kier molecular flexibility index (Phi) is 2.46. The highest BCUT2D eigenvalue weighted by Crippen LogP contribution is 2.28. The van der Waals surface area contributed by atoms with Gasteiger partial charge in [-0.3, -0.25) is 0 Å². The molecule has 0 saturated heterocycles. The van der Waals surface area contributed by atoms with Crippen molar-refractivity contribution in [2.24, 2.45) is 0 Å². The lowest BCUT2D eigenvalue weighted by Crippen LogP contribution is -1.79. The van der Waals surface area contributed by atoms with Gasteiger partial charge in [0.05, 0.1) is 0 Å². The van der Waals surface area contributed by atoms with Crippen molar-refractivity contribution in [1.29, 1.82) is 0 Å². The standard InChI is InChI=1S/C14H14O/c1-10(2)9-11-7-8-14(15)13-6-4-3-5-12(11)13/h3-9,15H,1-2H3. The van der Waals surface area contributed by atoms with Crippen LogP contribution in [0.2, 0.25) is 0 Å². The number of rotatable bonds is 1. The van der Waals surface area contributed by atoms with Crippen LogP contribution in [0.4, 0.5) is 0 Å². The Morgan fingerprint density at radius 2 is 1.67 bits per heavy atom. The van der Waals surface area contributed by atoms with Crippen LogP contribution >= 0.6 is 0 Å². The zero-order valence-electron chi connectivity index (χ0n) is 8.99. The summed E-state index contributed by atoms with van der Waals surface area (Å²) >= 11 is 0. The highest BCUT2D eigenvalue weighted by atomic mass is 16.3. The predicted molar refractivity (Wildman–Crippen MR) is 64.9 cm³/mol. The van der Waals surface area contributed by atoms with Gasteiger partial charge in [-0.1, -0.05) is 42.0 Å². The minimum absolute atomic E-state index is 0.344. The van der Waals surface area contributed by atoms with Crippen LogP contribution in [0.5, 0.6) is 5.75 Å². The maximum absolute atomic E-state index is 9.71. The fraction of sp³-hybridized carbons (Fsp3) is 0.143. The van der Waals surface area contributed by atoms with E-state index in [9.17, 15) is 5.11 Å². The molecule has 76 valence electrons. The number of fused-ring (bicyclic) bond motifs is 1. The van der Waals surface area contributed by atoms with Crippen LogP contribution in [-0.4, -0.2) is 5.11 Å². The van der Waals surface area contributed by atoms with Gasteiger partial charge < -0.3 is 5.11 Å². The van der Waals surface area contributed by atoms with Crippen molar-refractivity contribution >= 4 is 16.8 Å². The van der Waals surface area contributed by atoms with E-state index in [0.717, 1.165) is 16.3 Å². The number of phenols is 1. The Hall–Kier alpha value is -1.76. The maximum atomic E-state index is 9.71. The summed E-state index contributed by atoms with van der Waals surface area (Å²) in [6, 6.07) is 11.6. The maximum Gasteiger partial charge on any atom is 0.123 e. The quantitative estimate of drug-likeness (QED) is 0.735. The van der Waals surface area contributed by atoms with Crippen molar-refractivity contribution < 1.29 is 5.11 Å². The third-order valence-electron chi connectivity index (χ3n) is 2.38. The molecule has 0 atom stereocenters. The molecule has 2 aromatic carbocycles. The summed E-state index contributed by atoms with van der Waals surface area (Å²) in [4.78, 5) is 0. The van der Waals surface area contributed by atoms with E-state index in [-0.39, 0.29) is 0 Å². The lowest BCUT2D eigenvalue weighted by molar-refractivity contribution is 0.481. The Balaban J connectivity index is 2.77.